The first-order chi connectivity index (χ1) is 21.3. The number of likely N-dealkylation sites (N-methyl/N-ethyl adjacent to an activating group) is 2. The maximum absolute atomic E-state index is 14.1. The molecule has 2 fully saturated rings. The Morgan fingerprint density at radius 2 is 1.76 bits per heavy atom. The predicted molar refractivity (Wildman–Crippen MR) is 176 cm³/mol. The van der Waals surface area contributed by atoms with Crippen LogP contribution in [0.1, 0.15) is 77.2 Å². The number of hydrogen-bond acceptors (Lipinski definition) is 5. The first kappa shape index (κ1) is 36.6. The highest BCUT2D eigenvalue weighted by Gasteiger charge is 2.42. The van der Waals surface area contributed by atoms with Gasteiger partial charge in [-0.05, 0) is 67.7 Å². The van der Waals surface area contributed by atoms with E-state index in [4.69, 9.17) is 11.6 Å². The van der Waals surface area contributed by atoms with Gasteiger partial charge in [0.25, 0.3) is 0 Å². The number of amides is 5. The zero-order valence-corrected chi connectivity index (χ0v) is 29.0. The lowest BCUT2D eigenvalue weighted by Crippen LogP contribution is -2.59. The third kappa shape index (κ3) is 10.9. The molecule has 0 aromatic heterocycles. The number of rotatable bonds is 8. The van der Waals surface area contributed by atoms with Gasteiger partial charge in [-0.3, -0.25) is 19.2 Å². The molecule has 1 heterocycles. The molecular formula is C32H47BrClN5O6. The van der Waals surface area contributed by atoms with Gasteiger partial charge in [0.05, 0.1) is 0 Å². The van der Waals surface area contributed by atoms with Crippen molar-refractivity contribution < 1.29 is 29.1 Å². The van der Waals surface area contributed by atoms with Crippen LogP contribution in [0.2, 0.25) is 5.02 Å². The van der Waals surface area contributed by atoms with Gasteiger partial charge in [-0.2, -0.15) is 0 Å². The van der Waals surface area contributed by atoms with Gasteiger partial charge in [-0.25, -0.2) is 4.79 Å². The Bertz CT molecular complexity index is 1230. The summed E-state index contributed by atoms with van der Waals surface area (Å²) in [5.41, 5.74) is 0.765. The van der Waals surface area contributed by atoms with E-state index >= 15 is 0 Å². The summed E-state index contributed by atoms with van der Waals surface area (Å²) in [7, 11) is 3.09. The summed E-state index contributed by atoms with van der Waals surface area (Å²) < 4.78 is 0.761. The Kier molecular flexibility index (Phi) is 14.0. The summed E-state index contributed by atoms with van der Waals surface area (Å²) >= 11 is 9.79. The molecule has 4 atom stereocenters. The van der Waals surface area contributed by atoms with E-state index in [-0.39, 0.29) is 24.2 Å². The lowest BCUT2D eigenvalue weighted by atomic mass is 9.98. The first-order valence-electron chi connectivity index (χ1n) is 15.8. The predicted octanol–water partition coefficient (Wildman–Crippen LogP) is 4.35. The van der Waals surface area contributed by atoms with Crippen LogP contribution in [0.5, 0.6) is 0 Å². The number of hydrogen-bond donors (Lipinski definition) is 4. The number of nitrogens with one attached hydrogen (secondary N) is 3. The molecule has 1 aliphatic heterocycles. The van der Waals surface area contributed by atoms with E-state index in [2.05, 4.69) is 31.9 Å². The number of carbonyl (C=O) groups is 5. The Labute approximate surface area is 279 Å². The summed E-state index contributed by atoms with van der Waals surface area (Å²) in [5, 5.41) is 18.1. The van der Waals surface area contributed by atoms with Crippen molar-refractivity contribution in [3.05, 3.63) is 33.3 Å². The van der Waals surface area contributed by atoms with Crippen LogP contribution in [0, 0.1) is 11.8 Å². The summed E-state index contributed by atoms with van der Waals surface area (Å²) in [4.78, 5) is 69.3. The van der Waals surface area contributed by atoms with Crippen LogP contribution < -0.4 is 16.0 Å². The Morgan fingerprint density at radius 1 is 1.09 bits per heavy atom. The van der Waals surface area contributed by atoms with Crippen molar-refractivity contribution in [2.75, 3.05) is 20.6 Å². The quantitative estimate of drug-likeness (QED) is 0.315. The fourth-order valence-corrected chi connectivity index (χ4v) is 6.42. The number of nitrogens with zero attached hydrogens (tertiary/aromatic N) is 2. The van der Waals surface area contributed by atoms with Gasteiger partial charge < -0.3 is 30.9 Å². The van der Waals surface area contributed by atoms with Crippen LogP contribution in [0.15, 0.2) is 22.7 Å². The van der Waals surface area contributed by atoms with Gasteiger partial charge in [0.15, 0.2) is 0 Å². The van der Waals surface area contributed by atoms with Gasteiger partial charge >= 0.3 is 6.09 Å². The minimum Gasteiger partial charge on any atom is -0.465 e. The van der Waals surface area contributed by atoms with Crippen molar-refractivity contribution >= 4 is 57.3 Å². The average molecular weight is 713 g/mol. The Balaban J connectivity index is 1.92. The summed E-state index contributed by atoms with van der Waals surface area (Å²) in [5.74, 6) is -1.71. The van der Waals surface area contributed by atoms with Crippen molar-refractivity contribution in [1.29, 1.82) is 0 Å². The third-order valence-corrected chi connectivity index (χ3v) is 9.58. The smallest absolute Gasteiger partial charge is 0.405 e. The fourth-order valence-electron chi connectivity index (χ4n) is 5.81. The first-order valence-corrected chi connectivity index (χ1v) is 17.0. The molecule has 5 amide bonds. The van der Waals surface area contributed by atoms with E-state index in [9.17, 15) is 29.1 Å². The van der Waals surface area contributed by atoms with E-state index < -0.39 is 48.0 Å². The molecule has 1 aromatic rings. The normalized spacial score (nSPS) is 23.2. The Morgan fingerprint density at radius 3 is 2.40 bits per heavy atom. The minimum atomic E-state index is -1.29. The van der Waals surface area contributed by atoms with Gasteiger partial charge in [0.1, 0.15) is 24.2 Å². The maximum Gasteiger partial charge on any atom is 0.405 e. The van der Waals surface area contributed by atoms with E-state index in [1.807, 2.05) is 13.8 Å². The highest BCUT2D eigenvalue weighted by atomic mass is 79.9. The van der Waals surface area contributed by atoms with Crippen LogP contribution in [-0.2, 0) is 25.6 Å². The van der Waals surface area contributed by atoms with Crippen molar-refractivity contribution in [1.82, 2.24) is 25.8 Å². The van der Waals surface area contributed by atoms with Crippen LogP contribution in [0.3, 0.4) is 0 Å². The molecule has 1 saturated heterocycles. The van der Waals surface area contributed by atoms with Crippen molar-refractivity contribution in [2.45, 2.75) is 102 Å². The zero-order chi connectivity index (χ0) is 33.3. The minimum absolute atomic E-state index is 0.0319. The Hall–Kier alpha value is -2.86. The van der Waals surface area contributed by atoms with Crippen LogP contribution in [-0.4, -0.2) is 89.4 Å². The van der Waals surface area contributed by atoms with E-state index in [0.717, 1.165) is 48.6 Å². The second-order valence-electron chi connectivity index (χ2n) is 12.7. The van der Waals surface area contributed by atoms with E-state index in [1.54, 1.807) is 25.2 Å². The van der Waals surface area contributed by atoms with Crippen LogP contribution in [0.4, 0.5) is 4.79 Å². The highest BCUT2D eigenvalue weighted by Crippen LogP contribution is 2.34. The lowest BCUT2D eigenvalue weighted by molar-refractivity contribution is -0.145. The number of halogens is 2. The zero-order valence-electron chi connectivity index (χ0n) is 26.6. The molecular weight excluding hydrogens is 666 g/mol. The standard InChI is InChI=1S/C32H47BrClN5O6/c1-19(2)16-24-30(42)39(4)26(18-21-17-22(34)13-14-23(21)33)28(40)35-15-9-7-5-6-8-10-25(29(41)36-24)38(3)31(43)27(20-11-12-20)37-32(44)45/h13-14,17,19-20,24-27,37H,5-12,15-16,18H2,1-4H3,(H,35,40)(H,36,41)(H,44,45)/t24-,25-,26-,27-/m0/s1. The van der Waals surface area contributed by atoms with Gasteiger partial charge in [0, 0.05) is 36.6 Å². The lowest BCUT2D eigenvalue weighted by Gasteiger charge is -2.34. The summed E-state index contributed by atoms with van der Waals surface area (Å²) in [6, 6.07) is 1.66. The third-order valence-electron chi connectivity index (χ3n) is 8.57. The molecule has 45 heavy (non-hydrogen) atoms. The summed E-state index contributed by atoms with van der Waals surface area (Å²) in [6.45, 7) is 4.35. The molecule has 1 saturated carbocycles. The van der Waals surface area contributed by atoms with E-state index in [1.165, 1.54) is 16.8 Å². The topological polar surface area (TPSA) is 148 Å². The van der Waals surface area contributed by atoms with Gasteiger partial charge in [-0.1, -0.05) is 67.1 Å². The molecule has 0 radical (unpaired) electrons. The molecule has 13 heteroatoms. The fraction of sp³-hybridized carbons (Fsp3) is 0.656. The van der Waals surface area contributed by atoms with Gasteiger partial charge in [-0.15, -0.1) is 0 Å². The van der Waals surface area contributed by atoms with Gasteiger partial charge in [0.2, 0.25) is 23.6 Å². The molecule has 0 spiro atoms. The summed E-state index contributed by atoms with van der Waals surface area (Å²) in [6.07, 6.45) is 5.09. The molecule has 1 aromatic carbocycles. The second kappa shape index (κ2) is 17.2. The molecule has 3 rings (SSSR count). The van der Waals surface area contributed by atoms with Crippen LogP contribution >= 0.6 is 27.5 Å². The highest BCUT2D eigenvalue weighted by molar-refractivity contribution is 9.10. The number of carboxylic acid groups (broad SMARTS) is 1. The largest absolute Gasteiger partial charge is 0.465 e. The van der Waals surface area contributed by atoms with Crippen LogP contribution in [0.25, 0.3) is 0 Å². The molecule has 11 nitrogen and oxygen atoms in total. The molecule has 1 aliphatic carbocycles. The molecule has 2 aliphatic rings. The monoisotopic (exact) mass is 711 g/mol. The van der Waals surface area contributed by atoms with Crippen molar-refractivity contribution in [2.24, 2.45) is 11.8 Å². The SMILES string of the molecule is CC(C)C[C@@H]1NC(=O)[C@@H](N(C)C(=O)[C@@H](NC(=O)O)C2CC2)CCCCCCCNC(=O)[C@H](Cc2cc(Cl)ccc2Br)N(C)C1=O. The van der Waals surface area contributed by atoms with E-state index in [0.29, 0.717) is 30.8 Å². The average Bonchev–Trinajstić information content (AvgIpc) is 3.82. The second-order valence-corrected chi connectivity index (χ2v) is 14.0. The van der Waals surface area contributed by atoms with Crippen molar-refractivity contribution in [3.63, 3.8) is 0 Å². The molecule has 0 unspecified atom stereocenters. The number of carbonyl (C=O) groups excluding carboxylic acids is 4. The van der Waals surface area contributed by atoms with Crippen molar-refractivity contribution in [3.8, 4) is 0 Å². The number of benzene rings is 1. The maximum atomic E-state index is 14.1. The molecule has 0 bridgehead atoms. The molecule has 250 valence electrons. The molecule has 4 N–H and O–H groups in total.